The standard InChI is InChI=1S/C28H25N3O4/c1-3-26-30-23-13-9-8-12-22(23)28(33)31(26)29-19-21-14-16-24(25(18-21)34-4-2)35-27(32)17-15-20-10-6-5-7-11-20/h5-19H,3-4H2,1-2H3. The third kappa shape index (κ3) is 5.70. The largest absolute Gasteiger partial charge is 0.490 e. The van der Waals surface area contributed by atoms with Crippen molar-refractivity contribution in [3.8, 4) is 11.5 Å². The normalized spacial score (nSPS) is 11.4. The van der Waals surface area contributed by atoms with E-state index in [0.717, 1.165) is 5.56 Å². The lowest BCUT2D eigenvalue weighted by Crippen LogP contribution is -2.22. The molecule has 0 radical (unpaired) electrons. The second kappa shape index (κ2) is 11.1. The van der Waals surface area contributed by atoms with Crippen LogP contribution in [0.4, 0.5) is 0 Å². The van der Waals surface area contributed by atoms with E-state index in [0.29, 0.717) is 46.8 Å². The number of ether oxygens (including phenoxy) is 2. The summed E-state index contributed by atoms with van der Waals surface area (Å²) in [6.07, 6.45) is 5.16. The van der Waals surface area contributed by atoms with Crippen LogP contribution in [0, 0.1) is 0 Å². The van der Waals surface area contributed by atoms with Crippen molar-refractivity contribution in [1.29, 1.82) is 0 Å². The molecular weight excluding hydrogens is 442 g/mol. The number of rotatable bonds is 8. The minimum absolute atomic E-state index is 0.232. The fraction of sp³-hybridized carbons (Fsp3) is 0.143. The average Bonchev–Trinajstić information content (AvgIpc) is 2.89. The maximum absolute atomic E-state index is 13.0. The first-order valence-corrected chi connectivity index (χ1v) is 11.4. The van der Waals surface area contributed by atoms with Gasteiger partial charge >= 0.3 is 5.97 Å². The monoisotopic (exact) mass is 467 g/mol. The summed E-state index contributed by atoms with van der Waals surface area (Å²) in [4.78, 5) is 29.8. The van der Waals surface area contributed by atoms with E-state index in [9.17, 15) is 9.59 Å². The quantitative estimate of drug-likeness (QED) is 0.160. The highest BCUT2D eigenvalue weighted by atomic mass is 16.6. The first-order valence-electron chi connectivity index (χ1n) is 11.4. The molecule has 1 aromatic heterocycles. The van der Waals surface area contributed by atoms with Crippen molar-refractivity contribution in [3.63, 3.8) is 0 Å². The number of carbonyl (C=O) groups excluding carboxylic acids is 1. The van der Waals surface area contributed by atoms with Crippen molar-refractivity contribution in [2.24, 2.45) is 5.10 Å². The fourth-order valence-electron chi connectivity index (χ4n) is 3.47. The zero-order chi connectivity index (χ0) is 24.6. The molecule has 0 unspecified atom stereocenters. The summed E-state index contributed by atoms with van der Waals surface area (Å²) in [5, 5.41) is 4.90. The molecule has 35 heavy (non-hydrogen) atoms. The number of hydrogen-bond acceptors (Lipinski definition) is 6. The Morgan fingerprint density at radius 2 is 1.74 bits per heavy atom. The minimum Gasteiger partial charge on any atom is -0.490 e. The Kier molecular flexibility index (Phi) is 7.47. The van der Waals surface area contributed by atoms with Crippen LogP contribution in [-0.2, 0) is 11.2 Å². The Labute approximate surface area is 203 Å². The zero-order valence-electron chi connectivity index (χ0n) is 19.5. The van der Waals surface area contributed by atoms with E-state index < -0.39 is 5.97 Å². The fourth-order valence-corrected chi connectivity index (χ4v) is 3.47. The lowest BCUT2D eigenvalue weighted by Gasteiger charge is -2.11. The molecule has 0 bridgehead atoms. The summed E-state index contributed by atoms with van der Waals surface area (Å²) in [6.45, 7) is 4.15. The topological polar surface area (TPSA) is 82.8 Å². The van der Waals surface area contributed by atoms with Crippen molar-refractivity contribution >= 4 is 29.2 Å². The number of carbonyl (C=O) groups is 1. The van der Waals surface area contributed by atoms with Crippen molar-refractivity contribution in [1.82, 2.24) is 9.66 Å². The molecule has 7 nitrogen and oxygen atoms in total. The van der Waals surface area contributed by atoms with Crippen LogP contribution in [0.1, 0.15) is 30.8 Å². The van der Waals surface area contributed by atoms with E-state index in [1.807, 2.05) is 56.3 Å². The molecule has 0 fully saturated rings. The van der Waals surface area contributed by atoms with Crippen LogP contribution in [0.2, 0.25) is 0 Å². The maximum Gasteiger partial charge on any atom is 0.336 e. The number of aromatic nitrogens is 2. The first kappa shape index (κ1) is 23.6. The van der Waals surface area contributed by atoms with Gasteiger partial charge in [-0.1, -0.05) is 49.4 Å². The highest BCUT2D eigenvalue weighted by molar-refractivity contribution is 5.89. The predicted octanol–water partition coefficient (Wildman–Crippen LogP) is 4.86. The van der Waals surface area contributed by atoms with Crippen LogP contribution in [0.25, 0.3) is 17.0 Å². The minimum atomic E-state index is -0.516. The Balaban J connectivity index is 1.58. The Bertz CT molecular complexity index is 1460. The Morgan fingerprint density at radius 3 is 2.51 bits per heavy atom. The second-order valence-electron chi connectivity index (χ2n) is 7.56. The summed E-state index contributed by atoms with van der Waals surface area (Å²) in [5.74, 6) is 0.742. The van der Waals surface area contributed by atoms with Crippen LogP contribution in [0.3, 0.4) is 0 Å². The van der Waals surface area contributed by atoms with Gasteiger partial charge in [0, 0.05) is 12.5 Å². The number of fused-ring (bicyclic) bond motifs is 1. The summed E-state index contributed by atoms with van der Waals surface area (Å²) in [7, 11) is 0. The SMILES string of the molecule is CCOc1cc(C=Nn2c(CC)nc3ccccc3c2=O)ccc1OC(=O)C=Cc1ccccc1. The molecular formula is C28H25N3O4. The van der Waals surface area contributed by atoms with Crippen molar-refractivity contribution < 1.29 is 14.3 Å². The molecule has 4 aromatic rings. The molecule has 0 aliphatic rings. The van der Waals surface area contributed by atoms with Gasteiger partial charge in [0.05, 0.1) is 23.7 Å². The van der Waals surface area contributed by atoms with Gasteiger partial charge in [0.2, 0.25) is 0 Å². The lowest BCUT2D eigenvalue weighted by molar-refractivity contribution is -0.129. The highest BCUT2D eigenvalue weighted by Gasteiger charge is 2.11. The van der Waals surface area contributed by atoms with Gasteiger partial charge in [0.25, 0.3) is 5.56 Å². The zero-order valence-corrected chi connectivity index (χ0v) is 19.5. The molecule has 0 saturated carbocycles. The lowest BCUT2D eigenvalue weighted by atomic mass is 10.2. The number of hydrogen-bond donors (Lipinski definition) is 0. The van der Waals surface area contributed by atoms with Crippen LogP contribution in [0.5, 0.6) is 11.5 Å². The third-order valence-corrected chi connectivity index (χ3v) is 5.15. The van der Waals surface area contributed by atoms with Gasteiger partial charge in [-0.2, -0.15) is 9.78 Å². The van der Waals surface area contributed by atoms with Gasteiger partial charge < -0.3 is 9.47 Å². The van der Waals surface area contributed by atoms with E-state index in [1.54, 1.807) is 42.6 Å². The molecule has 3 aromatic carbocycles. The molecule has 4 rings (SSSR count). The molecule has 0 amide bonds. The number of aryl methyl sites for hydroxylation is 1. The summed E-state index contributed by atoms with van der Waals surface area (Å²) in [5.41, 5.74) is 1.98. The molecule has 1 heterocycles. The second-order valence-corrected chi connectivity index (χ2v) is 7.56. The number of benzene rings is 3. The van der Waals surface area contributed by atoms with Gasteiger partial charge in [-0.05, 0) is 54.5 Å². The van der Waals surface area contributed by atoms with Crippen molar-refractivity contribution in [3.05, 3.63) is 106 Å². The molecule has 0 atom stereocenters. The van der Waals surface area contributed by atoms with Crippen LogP contribution in [-0.4, -0.2) is 28.5 Å². The predicted molar refractivity (Wildman–Crippen MR) is 137 cm³/mol. The maximum atomic E-state index is 13.0. The van der Waals surface area contributed by atoms with Crippen LogP contribution >= 0.6 is 0 Å². The first-order chi connectivity index (χ1) is 17.1. The van der Waals surface area contributed by atoms with E-state index in [2.05, 4.69) is 10.1 Å². The van der Waals surface area contributed by atoms with Crippen molar-refractivity contribution in [2.75, 3.05) is 6.61 Å². The molecule has 0 aliphatic heterocycles. The van der Waals surface area contributed by atoms with Gasteiger partial charge in [0.15, 0.2) is 11.5 Å². The third-order valence-electron chi connectivity index (χ3n) is 5.15. The van der Waals surface area contributed by atoms with Gasteiger partial charge in [-0.15, -0.1) is 0 Å². The number of nitrogens with zero attached hydrogens (tertiary/aromatic N) is 3. The van der Waals surface area contributed by atoms with Gasteiger partial charge in [-0.3, -0.25) is 4.79 Å². The highest BCUT2D eigenvalue weighted by Crippen LogP contribution is 2.28. The van der Waals surface area contributed by atoms with E-state index >= 15 is 0 Å². The smallest absolute Gasteiger partial charge is 0.336 e. The molecule has 0 saturated heterocycles. The summed E-state index contributed by atoms with van der Waals surface area (Å²) >= 11 is 0. The van der Waals surface area contributed by atoms with Gasteiger partial charge in [0.1, 0.15) is 5.82 Å². The van der Waals surface area contributed by atoms with E-state index in [4.69, 9.17) is 9.47 Å². The van der Waals surface area contributed by atoms with Crippen molar-refractivity contribution in [2.45, 2.75) is 20.3 Å². The number of para-hydroxylation sites is 1. The molecule has 0 aliphatic carbocycles. The van der Waals surface area contributed by atoms with Gasteiger partial charge in [-0.25, -0.2) is 9.78 Å². The number of esters is 1. The average molecular weight is 468 g/mol. The Hall–Kier alpha value is -4.52. The molecule has 0 spiro atoms. The van der Waals surface area contributed by atoms with Crippen LogP contribution in [0.15, 0.2) is 88.8 Å². The Morgan fingerprint density at radius 1 is 0.971 bits per heavy atom. The van der Waals surface area contributed by atoms with Crippen LogP contribution < -0.4 is 15.0 Å². The molecule has 0 N–H and O–H groups in total. The van der Waals surface area contributed by atoms with E-state index in [1.165, 1.54) is 10.8 Å². The molecule has 176 valence electrons. The molecule has 7 heteroatoms. The summed E-state index contributed by atoms with van der Waals surface area (Å²) < 4.78 is 12.5. The summed E-state index contributed by atoms with van der Waals surface area (Å²) in [6, 6.07) is 21.8. The van der Waals surface area contributed by atoms with E-state index in [-0.39, 0.29) is 5.56 Å².